The number of aromatic nitrogens is 3. The number of nitrogens with one attached hydrogen (secondary N) is 1. The molecule has 1 atom stereocenters. The maximum absolute atomic E-state index is 12.7. The summed E-state index contributed by atoms with van der Waals surface area (Å²) in [4.78, 5) is 12.7. The van der Waals surface area contributed by atoms with E-state index in [1.165, 1.54) is 4.68 Å². The predicted octanol–water partition coefficient (Wildman–Crippen LogP) is 0.276. The van der Waals surface area contributed by atoms with Crippen molar-refractivity contribution in [1.29, 1.82) is 0 Å². The largest absolute Gasteiger partial charge is 0.394 e. The molecule has 1 aromatic carbocycles. The molecular formula is C16H23ClN4O3. The van der Waals surface area contributed by atoms with E-state index in [-0.39, 0.29) is 30.6 Å². The second kappa shape index (κ2) is 8.43. The SMILES string of the molecule is Cl.O=c1n(C[C@H](O)CO)nc(C2CCNCC2)n1-c1ccccc1. The summed E-state index contributed by atoms with van der Waals surface area (Å²) < 4.78 is 2.88. The van der Waals surface area contributed by atoms with Gasteiger partial charge < -0.3 is 15.5 Å². The van der Waals surface area contributed by atoms with E-state index in [9.17, 15) is 9.90 Å². The molecule has 0 radical (unpaired) electrons. The molecular weight excluding hydrogens is 332 g/mol. The minimum atomic E-state index is -0.993. The van der Waals surface area contributed by atoms with Gasteiger partial charge in [-0.05, 0) is 38.1 Å². The van der Waals surface area contributed by atoms with Gasteiger partial charge in [0.05, 0.1) is 24.9 Å². The number of para-hydroxylation sites is 1. The lowest BCUT2D eigenvalue weighted by Gasteiger charge is -2.22. The van der Waals surface area contributed by atoms with Crippen LogP contribution in [0.5, 0.6) is 0 Å². The summed E-state index contributed by atoms with van der Waals surface area (Å²) >= 11 is 0. The Labute approximate surface area is 146 Å². The Morgan fingerprint density at radius 2 is 1.92 bits per heavy atom. The zero-order chi connectivity index (χ0) is 16.2. The molecule has 0 amide bonds. The van der Waals surface area contributed by atoms with E-state index in [0.717, 1.165) is 37.4 Å². The first kappa shape index (κ1) is 18.7. The lowest BCUT2D eigenvalue weighted by molar-refractivity contribution is 0.0771. The van der Waals surface area contributed by atoms with Crippen LogP contribution in [0.15, 0.2) is 35.1 Å². The molecule has 7 nitrogen and oxygen atoms in total. The minimum Gasteiger partial charge on any atom is -0.394 e. The third-order valence-corrected chi connectivity index (χ3v) is 4.18. The van der Waals surface area contributed by atoms with Crippen LogP contribution in [0.2, 0.25) is 0 Å². The summed E-state index contributed by atoms with van der Waals surface area (Å²) in [5.74, 6) is 0.935. The Balaban J connectivity index is 0.00000208. The number of piperidine rings is 1. The molecule has 0 aliphatic carbocycles. The molecule has 1 saturated heterocycles. The first-order chi connectivity index (χ1) is 11.2. The topological polar surface area (TPSA) is 92.3 Å². The van der Waals surface area contributed by atoms with Gasteiger partial charge in [-0.2, -0.15) is 5.10 Å². The normalized spacial score (nSPS) is 16.6. The summed E-state index contributed by atoms with van der Waals surface area (Å²) in [7, 11) is 0. The number of aliphatic hydroxyl groups excluding tert-OH is 2. The molecule has 0 unspecified atom stereocenters. The highest BCUT2D eigenvalue weighted by molar-refractivity contribution is 5.85. The van der Waals surface area contributed by atoms with Crippen molar-refractivity contribution >= 4 is 12.4 Å². The van der Waals surface area contributed by atoms with Crippen LogP contribution in [-0.2, 0) is 6.54 Å². The number of nitrogens with zero attached hydrogens (tertiary/aromatic N) is 3. The van der Waals surface area contributed by atoms with Gasteiger partial charge in [0.25, 0.3) is 0 Å². The van der Waals surface area contributed by atoms with Crippen LogP contribution in [0.25, 0.3) is 5.69 Å². The van der Waals surface area contributed by atoms with Gasteiger partial charge in [0.15, 0.2) is 0 Å². The summed E-state index contributed by atoms with van der Waals surface area (Å²) in [5, 5.41) is 26.4. The molecule has 1 aromatic heterocycles. The molecule has 1 fully saturated rings. The van der Waals surface area contributed by atoms with Crippen molar-refractivity contribution in [3.8, 4) is 5.69 Å². The molecule has 1 aliphatic heterocycles. The molecule has 2 heterocycles. The summed E-state index contributed by atoms with van der Waals surface area (Å²) in [5.41, 5.74) is 0.494. The van der Waals surface area contributed by atoms with Crippen LogP contribution in [0, 0.1) is 0 Å². The number of benzene rings is 1. The molecule has 0 saturated carbocycles. The summed E-state index contributed by atoms with van der Waals surface area (Å²) in [6.45, 7) is 1.40. The maximum atomic E-state index is 12.7. The summed E-state index contributed by atoms with van der Waals surface area (Å²) in [6.07, 6.45) is 0.852. The van der Waals surface area contributed by atoms with E-state index in [4.69, 9.17) is 5.11 Å². The third-order valence-electron chi connectivity index (χ3n) is 4.18. The number of hydrogen-bond donors (Lipinski definition) is 3. The fourth-order valence-corrected chi connectivity index (χ4v) is 2.96. The van der Waals surface area contributed by atoms with Crippen LogP contribution >= 0.6 is 12.4 Å². The second-order valence-electron chi connectivity index (χ2n) is 5.85. The standard InChI is InChI=1S/C16H22N4O3.ClH/c21-11-14(22)10-19-16(23)20(13-4-2-1-3-5-13)15(18-19)12-6-8-17-9-7-12;/h1-5,12,14,17,21-22H,6-11H2;1H/t14-;/m0./s1. The lowest BCUT2D eigenvalue weighted by Crippen LogP contribution is -2.31. The Kier molecular flexibility index (Phi) is 6.56. The number of rotatable bonds is 5. The number of aliphatic hydroxyl groups is 2. The quantitative estimate of drug-likeness (QED) is 0.717. The molecule has 132 valence electrons. The van der Waals surface area contributed by atoms with Crippen molar-refractivity contribution in [2.45, 2.75) is 31.4 Å². The highest BCUT2D eigenvalue weighted by atomic mass is 35.5. The Morgan fingerprint density at radius 3 is 2.54 bits per heavy atom. The van der Waals surface area contributed by atoms with E-state index in [2.05, 4.69) is 10.4 Å². The van der Waals surface area contributed by atoms with E-state index in [0.29, 0.717) is 0 Å². The molecule has 1 aliphatic rings. The van der Waals surface area contributed by atoms with Gasteiger partial charge in [-0.1, -0.05) is 18.2 Å². The smallest absolute Gasteiger partial charge is 0.350 e. The fraction of sp³-hybridized carbons (Fsp3) is 0.500. The van der Waals surface area contributed by atoms with E-state index in [1.54, 1.807) is 4.57 Å². The zero-order valence-electron chi connectivity index (χ0n) is 13.3. The van der Waals surface area contributed by atoms with Crippen molar-refractivity contribution < 1.29 is 10.2 Å². The third kappa shape index (κ3) is 3.87. The lowest BCUT2D eigenvalue weighted by atomic mass is 9.97. The second-order valence-corrected chi connectivity index (χ2v) is 5.85. The first-order valence-electron chi connectivity index (χ1n) is 7.95. The summed E-state index contributed by atoms with van der Waals surface area (Å²) in [6, 6.07) is 9.42. The van der Waals surface area contributed by atoms with E-state index >= 15 is 0 Å². The van der Waals surface area contributed by atoms with Crippen molar-refractivity contribution in [3.63, 3.8) is 0 Å². The Hall–Kier alpha value is -1.67. The van der Waals surface area contributed by atoms with Gasteiger partial charge in [0.1, 0.15) is 5.82 Å². The van der Waals surface area contributed by atoms with Gasteiger partial charge >= 0.3 is 5.69 Å². The molecule has 2 aromatic rings. The zero-order valence-corrected chi connectivity index (χ0v) is 14.2. The number of halogens is 1. The molecule has 3 N–H and O–H groups in total. The van der Waals surface area contributed by atoms with Crippen LogP contribution < -0.4 is 11.0 Å². The Bertz CT molecular complexity index is 695. The van der Waals surface area contributed by atoms with Crippen LogP contribution in [-0.4, -0.2) is 50.4 Å². The van der Waals surface area contributed by atoms with Crippen LogP contribution in [0.1, 0.15) is 24.6 Å². The van der Waals surface area contributed by atoms with Gasteiger partial charge in [-0.3, -0.25) is 0 Å². The van der Waals surface area contributed by atoms with Crippen LogP contribution in [0.3, 0.4) is 0 Å². The predicted molar refractivity (Wildman–Crippen MR) is 93.0 cm³/mol. The minimum absolute atomic E-state index is 0. The van der Waals surface area contributed by atoms with Crippen LogP contribution in [0.4, 0.5) is 0 Å². The van der Waals surface area contributed by atoms with Crippen molar-refractivity contribution in [3.05, 3.63) is 46.6 Å². The monoisotopic (exact) mass is 354 g/mol. The van der Waals surface area contributed by atoms with Gasteiger partial charge in [-0.15, -0.1) is 12.4 Å². The molecule has 3 rings (SSSR count). The van der Waals surface area contributed by atoms with E-state index in [1.807, 2.05) is 30.3 Å². The van der Waals surface area contributed by atoms with Gasteiger partial charge in [0.2, 0.25) is 0 Å². The van der Waals surface area contributed by atoms with Crippen molar-refractivity contribution in [2.24, 2.45) is 0 Å². The van der Waals surface area contributed by atoms with E-state index < -0.39 is 12.7 Å². The molecule has 24 heavy (non-hydrogen) atoms. The fourth-order valence-electron chi connectivity index (χ4n) is 2.96. The van der Waals surface area contributed by atoms with Gasteiger partial charge in [0, 0.05) is 5.92 Å². The van der Waals surface area contributed by atoms with Crippen molar-refractivity contribution in [2.75, 3.05) is 19.7 Å². The van der Waals surface area contributed by atoms with Crippen molar-refractivity contribution in [1.82, 2.24) is 19.7 Å². The number of hydrogen-bond acceptors (Lipinski definition) is 5. The van der Waals surface area contributed by atoms with Gasteiger partial charge in [-0.25, -0.2) is 14.0 Å². The first-order valence-corrected chi connectivity index (χ1v) is 7.95. The highest BCUT2D eigenvalue weighted by Crippen LogP contribution is 2.24. The molecule has 0 bridgehead atoms. The molecule has 0 spiro atoms. The Morgan fingerprint density at radius 1 is 1.25 bits per heavy atom. The molecule has 8 heteroatoms. The maximum Gasteiger partial charge on any atom is 0.350 e. The average Bonchev–Trinajstić information content (AvgIpc) is 2.93. The average molecular weight is 355 g/mol. The highest BCUT2D eigenvalue weighted by Gasteiger charge is 2.25.